The van der Waals surface area contributed by atoms with Crippen LogP contribution in [0.2, 0.25) is 0 Å². The third kappa shape index (κ3) is 5.21. The summed E-state index contributed by atoms with van der Waals surface area (Å²) < 4.78 is 44.4. The van der Waals surface area contributed by atoms with Crippen LogP contribution >= 0.6 is 0 Å². The third-order valence-corrected chi connectivity index (χ3v) is 6.09. The van der Waals surface area contributed by atoms with Crippen molar-refractivity contribution >= 4 is 34.4 Å². The van der Waals surface area contributed by atoms with Crippen LogP contribution in [0.4, 0.5) is 24.8 Å². The fourth-order valence-corrected chi connectivity index (χ4v) is 3.88. The van der Waals surface area contributed by atoms with E-state index in [0.29, 0.717) is 24.2 Å². The monoisotopic (exact) mass is 487 g/mol. The Morgan fingerprint density at radius 2 is 1.97 bits per heavy atom. The summed E-state index contributed by atoms with van der Waals surface area (Å²) in [6.45, 7) is 2.75. The minimum absolute atomic E-state index is 0.0571. The van der Waals surface area contributed by atoms with Gasteiger partial charge in [0.1, 0.15) is 5.82 Å². The van der Waals surface area contributed by atoms with Crippen molar-refractivity contribution in [3.63, 3.8) is 0 Å². The number of aromatic amines is 1. The number of nitrogens with one attached hydrogen (secondary N) is 3. The number of nitrogens with zero attached hydrogens (tertiary/aromatic N) is 4. The number of carbonyl (C=O) groups is 1. The topological polar surface area (TPSA) is 108 Å². The molecule has 0 unspecified atom stereocenters. The van der Waals surface area contributed by atoms with E-state index in [1.165, 1.54) is 12.3 Å². The fourth-order valence-electron chi connectivity index (χ4n) is 3.88. The van der Waals surface area contributed by atoms with E-state index in [1.54, 1.807) is 12.1 Å². The predicted octanol–water partition coefficient (Wildman–Crippen LogP) is 3.56. The minimum atomic E-state index is -4.46. The van der Waals surface area contributed by atoms with Gasteiger partial charge in [-0.1, -0.05) is 0 Å². The summed E-state index contributed by atoms with van der Waals surface area (Å²) in [6.07, 6.45) is -0.110. The Balaban J connectivity index is 1.33. The molecule has 184 valence electrons. The van der Waals surface area contributed by atoms with Crippen molar-refractivity contribution in [3.05, 3.63) is 47.7 Å². The lowest BCUT2D eigenvalue weighted by Crippen LogP contribution is -2.38. The lowest BCUT2D eigenvalue weighted by Gasteiger charge is -2.27. The van der Waals surface area contributed by atoms with Crippen molar-refractivity contribution in [3.8, 4) is 0 Å². The van der Waals surface area contributed by atoms with Gasteiger partial charge in [0.2, 0.25) is 5.96 Å². The van der Waals surface area contributed by atoms with Gasteiger partial charge in [-0.25, -0.2) is 9.98 Å². The molecule has 0 atom stereocenters. The Morgan fingerprint density at radius 1 is 1.17 bits per heavy atom. The number of rotatable bonds is 4. The van der Waals surface area contributed by atoms with Crippen LogP contribution in [0.5, 0.6) is 0 Å². The molecule has 0 radical (unpaired) electrons. The van der Waals surface area contributed by atoms with Gasteiger partial charge in [0, 0.05) is 24.7 Å². The highest BCUT2D eigenvalue weighted by Crippen LogP contribution is 2.32. The minimum Gasteiger partial charge on any atom is -0.378 e. The summed E-state index contributed by atoms with van der Waals surface area (Å²) in [5, 5.41) is 12.9. The van der Waals surface area contributed by atoms with Crippen molar-refractivity contribution in [1.82, 2.24) is 20.5 Å². The lowest BCUT2D eigenvalue weighted by molar-refractivity contribution is -0.137. The Hall–Kier alpha value is -3.67. The Kier molecular flexibility index (Phi) is 6.29. The zero-order valence-corrected chi connectivity index (χ0v) is 18.7. The van der Waals surface area contributed by atoms with E-state index in [0.717, 1.165) is 50.3 Å². The molecule has 35 heavy (non-hydrogen) atoms. The SMILES string of the molecule is O=C(NC(=NC1CCC1)Nc1n[nH]c2cc(C(F)(F)F)ccc12)c1ccc(N2CCOCC2)nc1. The van der Waals surface area contributed by atoms with Gasteiger partial charge in [0.15, 0.2) is 5.82 Å². The zero-order chi connectivity index (χ0) is 24.4. The van der Waals surface area contributed by atoms with E-state index in [1.807, 2.05) is 0 Å². The molecule has 2 aliphatic rings. The molecule has 2 fully saturated rings. The van der Waals surface area contributed by atoms with Gasteiger partial charge in [0.05, 0.1) is 35.9 Å². The molecule has 9 nitrogen and oxygen atoms in total. The number of H-pyrrole nitrogens is 1. The molecular weight excluding hydrogens is 463 g/mol. The van der Waals surface area contributed by atoms with Crippen LogP contribution in [0.15, 0.2) is 41.5 Å². The number of anilines is 2. The summed E-state index contributed by atoms with van der Waals surface area (Å²) in [5.74, 6) is 0.821. The average Bonchev–Trinajstić information content (AvgIpc) is 3.23. The van der Waals surface area contributed by atoms with Crippen molar-refractivity contribution in [2.75, 3.05) is 36.5 Å². The van der Waals surface area contributed by atoms with Crippen LogP contribution in [0.3, 0.4) is 0 Å². The predicted molar refractivity (Wildman–Crippen MR) is 125 cm³/mol. The van der Waals surface area contributed by atoms with Gasteiger partial charge in [0.25, 0.3) is 5.91 Å². The maximum Gasteiger partial charge on any atom is 0.416 e. The van der Waals surface area contributed by atoms with E-state index in [9.17, 15) is 18.0 Å². The van der Waals surface area contributed by atoms with Gasteiger partial charge in [-0.3, -0.25) is 15.2 Å². The average molecular weight is 487 g/mol. The molecule has 3 aromatic rings. The number of aliphatic imine (C=N–C) groups is 1. The second kappa shape index (κ2) is 9.53. The van der Waals surface area contributed by atoms with Crippen LogP contribution in [0.1, 0.15) is 35.2 Å². The molecule has 2 aromatic heterocycles. The first-order valence-electron chi connectivity index (χ1n) is 11.4. The second-order valence-corrected chi connectivity index (χ2v) is 8.48. The van der Waals surface area contributed by atoms with Crippen molar-refractivity contribution in [2.45, 2.75) is 31.5 Å². The molecule has 1 saturated heterocycles. The third-order valence-electron chi connectivity index (χ3n) is 6.09. The molecule has 1 aromatic carbocycles. The summed E-state index contributed by atoms with van der Waals surface area (Å²) in [7, 11) is 0. The molecule has 1 amide bonds. The standard InChI is InChI=1S/C23H24F3N7O2/c24-23(25,26)15-5-6-17-18(12-15)31-32-20(17)29-22(28-16-2-1-3-16)30-21(34)14-4-7-19(27-13-14)33-8-10-35-11-9-33/h4-7,12-13,16H,1-3,8-11H2,(H3,28,29,30,31,32,34). The zero-order valence-electron chi connectivity index (χ0n) is 18.7. The van der Waals surface area contributed by atoms with E-state index in [2.05, 4.69) is 35.7 Å². The van der Waals surface area contributed by atoms with Gasteiger partial charge in [-0.05, 0) is 49.6 Å². The number of hydrogen-bond acceptors (Lipinski definition) is 6. The summed E-state index contributed by atoms with van der Waals surface area (Å²) in [6, 6.07) is 6.86. The maximum atomic E-state index is 13.0. The largest absolute Gasteiger partial charge is 0.416 e. The number of carbonyl (C=O) groups excluding carboxylic acids is 1. The number of pyridine rings is 1. The van der Waals surface area contributed by atoms with Gasteiger partial charge < -0.3 is 15.0 Å². The molecule has 3 heterocycles. The van der Waals surface area contributed by atoms with Gasteiger partial charge >= 0.3 is 6.18 Å². The first-order valence-corrected chi connectivity index (χ1v) is 11.4. The summed E-state index contributed by atoms with van der Waals surface area (Å²) in [4.78, 5) is 24.0. The molecule has 12 heteroatoms. The van der Waals surface area contributed by atoms with Crippen LogP contribution in [0, 0.1) is 0 Å². The Bertz CT molecular complexity index is 1230. The number of ether oxygens (including phenoxy) is 1. The number of benzene rings is 1. The molecule has 3 N–H and O–H groups in total. The first-order chi connectivity index (χ1) is 16.9. The Morgan fingerprint density at radius 3 is 2.63 bits per heavy atom. The highest BCUT2D eigenvalue weighted by atomic mass is 19.4. The number of halogens is 3. The van der Waals surface area contributed by atoms with E-state index >= 15 is 0 Å². The van der Waals surface area contributed by atoms with Crippen molar-refractivity contribution < 1.29 is 22.7 Å². The Labute approximate surface area is 198 Å². The van der Waals surface area contributed by atoms with Gasteiger partial charge in [-0.15, -0.1) is 0 Å². The highest BCUT2D eigenvalue weighted by molar-refractivity contribution is 6.11. The van der Waals surface area contributed by atoms with Crippen molar-refractivity contribution in [1.29, 1.82) is 0 Å². The molecular formula is C23H24F3N7O2. The van der Waals surface area contributed by atoms with Crippen LogP contribution in [-0.4, -0.2) is 59.4 Å². The van der Waals surface area contributed by atoms with E-state index < -0.39 is 17.6 Å². The summed E-state index contributed by atoms with van der Waals surface area (Å²) >= 11 is 0. The normalized spacial score (nSPS) is 17.3. The molecule has 1 aliphatic carbocycles. The lowest BCUT2D eigenvalue weighted by atomic mass is 9.94. The molecule has 0 spiro atoms. The van der Waals surface area contributed by atoms with Crippen LogP contribution in [-0.2, 0) is 10.9 Å². The maximum absolute atomic E-state index is 13.0. The molecule has 1 aliphatic heterocycles. The first kappa shape index (κ1) is 23.1. The second-order valence-electron chi connectivity index (χ2n) is 8.48. The molecule has 1 saturated carbocycles. The molecule has 0 bridgehead atoms. The number of hydrogen-bond donors (Lipinski definition) is 3. The quantitative estimate of drug-likeness (QED) is 0.384. The van der Waals surface area contributed by atoms with Crippen LogP contribution < -0.4 is 15.5 Å². The van der Waals surface area contributed by atoms with Crippen LogP contribution in [0.25, 0.3) is 10.9 Å². The number of morpholine rings is 1. The number of aromatic nitrogens is 3. The highest BCUT2D eigenvalue weighted by Gasteiger charge is 2.31. The van der Waals surface area contributed by atoms with E-state index in [-0.39, 0.29) is 23.3 Å². The van der Waals surface area contributed by atoms with Gasteiger partial charge in [-0.2, -0.15) is 18.3 Å². The number of alkyl halides is 3. The fraction of sp³-hybridized carbons (Fsp3) is 0.391. The summed E-state index contributed by atoms with van der Waals surface area (Å²) in [5.41, 5.74) is -0.198. The number of amides is 1. The molecule has 5 rings (SSSR count). The van der Waals surface area contributed by atoms with E-state index in [4.69, 9.17) is 4.74 Å². The smallest absolute Gasteiger partial charge is 0.378 e. The number of guanidine groups is 1. The van der Waals surface area contributed by atoms with Crippen molar-refractivity contribution in [2.24, 2.45) is 4.99 Å². The number of fused-ring (bicyclic) bond motifs is 1.